The van der Waals surface area contributed by atoms with Crippen molar-refractivity contribution in [1.29, 1.82) is 0 Å². The predicted octanol–water partition coefficient (Wildman–Crippen LogP) is 3.58. The molecule has 1 unspecified atom stereocenters. The zero-order chi connectivity index (χ0) is 13.4. The minimum atomic E-state index is 0.175. The summed E-state index contributed by atoms with van der Waals surface area (Å²) < 4.78 is 5.15. The maximum atomic E-state index is 5.15. The highest BCUT2D eigenvalue weighted by molar-refractivity contribution is 5.19. The van der Waals surface area contributed by atoms with Gasteiger partial charge in [0, 0.05) is 25.8 Å². The Hall–Kier alpha value is -0.860. The third-order valence-electron chi connectivity index (χ3n) is 3.05. The van der Waals surface area contributed by atoms with E-state index in [9.17, 15) is 0 Å². The van der Waals surface area contributed by atoms with Crippen molar-refractivity contribution >= 4 is 0 Å². The molecule has 18 heavy (non-hydrogen) atoms. The Morgan fingerprint density at radius 1 is 1.17 bits per heavy atom. The first-order valence-corrected chi connectivity index (χ1v) is 6.82. The van der Waals surface area contributed by atoms with Crippen LogP contribution in [0.4, 0.5) is 0 Å². The van der Waals surface area contributed by atoms with Crippen molar-refractivity contribution in [3.05, 3.63) is 35.9 Å². The summed E-state index contributed by atoms with van der Waals surface area (Å²) in [5.41, 5.74) is 1.60. The van der Waals surface area contributed by atoms with Crippen molar-refractivity contribution in [1.82, 2.24) is 5.32 Å². The number of ether oxygens (including phenoxy) is 1. The van der Waals surface area contributed by atoms with E-state index in [1.165, 1.54) is 12.0 Å². The van der Waals surface area contributed by atoms with Crippen LogP contribution in [0.3, 0.4) is 0 Å². The first-order valence-electron chi connectivity index (χ1n) is 6.82. The second-order valence-corrected chi connectivity index (χ2v) is 5.87. The lowest BCUT2D eigenvalue weighted by molar-refractivity contribution is 0.189. The van der Waals surface area contributed by atoms with Gasteiger partial charge in [0.05, 0.1) is 0 Å². The second kappa shape index (κ2) is 7.55. The zero-order valence-electron chi connectivity index (χ0n) is 12.2. The highest BCUT2D eigenvalue weighted by Crippen LogP contribution is 2.21. The van der Waals surface area contributed by atoms with Gasteiger partial charge in [0.15, 0.2) is 0 Å². The molecule has 0 heterocycles. The third-order valence-corrected chi connectivity index (χ3v) is 3.05. The number of benzene rings is 1. The lowest BCUT2D eigenvalue weighted by atomic mass is 9.93. The van der Waals surface area contributed by atoms with E-state index in [1.807, 2.05) is 0 Å². The summed E-state index contributed by atoms with van der Waals surface area (Å²) in [6.07, 6.45) is 2.28. The number of methoxy groups -OCH3 is 1. The molecule has 1 atom stereocenters. The minimum absolute atomic E-state index is 0.175. The summed E-state index contributed by atoms with van der Waals surface area (Å²) in [5, 5.41) is 3.61. The van der Waals surface area contributed by atoms with Crippen molar-refractivity contribution in [3.63, 3.8) is 0 Å². The number of hydrogen-bond acceptors (Lipinski definition) is 2. The normalized spacial score (nSPS) is 13.6. The smallest absolute Gasteiger partial charge is 0.0462 e. The molecule has 0 amide bonds. The minimum Gasteiger partial charge on any atom is -0.385 e. The maximum Gasteiger partial charge on any atom is 0.0462 e. The van der Waals surface area contributed by atoms with Gasteiger partial charge in [0.1, 0.15) is 0 Å². The van der Waals surface area contributed by atoms with E-state index in [1.54, 1.807) is 7.11 Å². The fourth-order valence-electron chi connectivity index (χ4n) is 2.02. The van der Waals surface area contributed by atoms with Crippen LogP contribution in [0.25, 0.3) is 0 Å². The molecule has 0 radical (unpaired) electrons. The Kier molecular flexibility index (Phi) is 6.37. The van der Waals surface area contributed by atoms with Crippen LogP contribution in [0.1, 0.15) is 45.1 Å². The number of hydrogen-bond donors (Lipinski definition) is 1. The highest BCUT2D eigenvalue weighted by Gasteiger charge is 2.15. The van der Waals surface area contributed by atoms with Gasteiger partial charge in [0.2, 0.25) is 0 Å². The Morgan fingerprint density at radius 2 is 1.83 bits per heavy atom. The molecule has 0 spiro atoms. The summed E-state index contributed by atoms with van der Waals surface area (Å²) in [7, 11) is 1.77. The molecule has 2 heteroatoms. The Bertz CT molecular complexity index is 316. The van der Waals surface area contributed by atoms with E-state index >= 15 is 0 Å². The molecule has 1 N–H and O–H groups in total. The van der Waals surface area contributed by atoms with Gasteiger partial charge in [-0.3, -0.25) is 0 Å². The van der Waals surface area contributed by atoms with Crippen LogP contribution in [0.15, 0.2) is 30.3 Å². The summed E-state index contributed by atoms with van der Waals surface area (Å²) in [5.74, 6) is 0.570. The molecule has 0 fully saturated rings. The molecule has 0 aliphatic carbocycles. The van der Waals surface area contributed by atoms with Gasteiger partial charge in [0.25, 0.3) is 0 Å². The van der Waals surface area contributed by atoms with Crippen LogP contribution in [0.5, 0.6) is 0 Å². The molecule has 1 rings (SSSR count). The maximum absolute atomic E-state index is 5.15. The first kappa shape index (κ1) is 15.2. The van der Waals surface area contributed by atoms with Crippen LogP contribution in [-0.2, 0) is 4.74 Å². The molecule has 1 aromatic carbocycles. The standard InChI is InChI=1S/C16H27NO/c1-16(2,3)17-13-15(11-8-12-18-4)14-9-6-5-7-10-14/h5-7,9-10,15,17H,8,11-13H2,1-4H3. The van der Waals surface area contributed by atoms with Crippen molar-refractivity contribution in [3.8, 4) is 0 Å². The topological polar surface area (TPSA) is 21.3 Å². The molecule has 0 aliphatic heterocycles. The van der Waals surface area contributed by atoms with E-state index in [4.69, 9.17) is 4.74 Å². The molecule has 0 aromatic heterocycles. The molecule has 102 valence electrons. The van der Waals surface area contributed by atoms with Crippen LogP contribution in [-0.4, -0.2) is 25.8 Å². The summed E-state index contributed by atoms with van der Waals surface area (Å²) in [6.45, 7) is 8.51. The Labute approximate surface area is 112 Å². The van der Waals surface area contributed by atoms with Crippen molar-refractivity contribution in [2.24, 2.45) is 0 Å². The summed E-state index contributed by atoms with van der Waals surface area (Å²) >= 11 is 0. The molecular weight excluding hydrogens is 222 g/mol. The average molecular weight is 249 g/mol. The van der Waals surface area contributed by atoms with Crippen LogP contribution < -0.4 is 5.32 Å². The molecular formula is C16H27NO. The average Bonchev–Trinajstić information content (AvgIpc) is 2.33. The van der Waals surface area contributed by atoms with E-state index in [2.05, 4.69) is 56.4 Å². The summed E-state index contributed by atoms with van der Waals surface area (Å²) in [4.78, 5) is 0. The Balaban J connectivity index is 2.58. The van der Waals surface area contributed by atoms with Gasteiger partial charge in [-0.1, -0.05) is 30.3 Å². The van der Waals surface area contributed by atoms with E-state index in [-0.39, 0.29) is 5.54 Å². The zero-order valence-corrected chi connectivity index (χ0v) is 12.2. The van der Waals surface area contributed by atoms with Gasteiger partial charge in [-0.05, 0) is 45.1 Å². The molecule has 2 nitrogen and oxygen atoms in total. The van der Waals surface area contributed by atoms with Crippen molar-refractivity contribution in [2.75, 3.05) is 20.3 Å². The molecule has 1 aromatic rings. The lowest BCUT2D eigenvalue weighted by Crippen LogP contribution is -2.38. The van der Waals surface area contributed by atoms with E-state index in [0.29, 0.717) is 5.92 Å². The molecule has 0 saturated carbocycles. The van der Waals surface area contributed by atoms with Gasteiger partial charge < -0.3 is 10.1 Å². The van der Waals surface area contributed by atoms with Gasteiger partial charge in [-0.25, -0.2) is 0 Å². The van der Waals surface area contributed by atoms with Gasteiger partial charge >= 0.3 is 0 Å². The molecule has 0 saturated heterocycles. The molecule has 0 aliphatic rings. The number of rotatable bonds is 7. The summed E-state index contributed by atoms with van der Waals surface area (Å²) in [6, 6.07) is 10.8. The van der Waals surface area contributed by atoms with Crippen LogP contribution in [0, 0.1) is 0 Å². The van der Waals surface area contributed by atoms with Crippen LogP contribution >= 0.6 is 0 Å². The lowest BCUT2D eigenvalue weighted by Gasteiger charge is -2.25. The fraction of sp³-hybridized carbons (Fsp3) is 0.625. The highest BCUT2D eigenvalue weighted by atomic mass is 16.5. The fourth-order valence-corrected chi connectivity index (χ4v) is 2.02. The molecule has 0 bridgehead atoms. The van der Waals surface area contributed by atoms with Crippen molar-refractivity contribution < 1.29 is 4.74 Å². The third kappa shape index (κ3) is 6.18. The monoisotopic (exact) mass is 249 g/mol. The number of nitrogens with one attached hydrogen (secondary N) is 1. The largest absolute Gasteiger partial charge is 0.385 e. The first-order chi connectivity index (χ1) is 8.53. The predicted molar refractivity (Wildman–Crippen MR) is 78.0 cm³/mol. The van der Waals surface area contributed by atoms with Crippen molar-refractivity contribution in [2.45, 2.75) is 45.1 Å². The SMILES string of the molecule is COCCCC(CNC(C)(C)C)c1ccccc1. The quantitative estimate of drug-likeness (QED) is 0.746. The van der Waals surface area contributed by atoms with E-state index < -0.39 is 0 Å². The van der Waals surface area contributed by atoms with Crippen LogP contribution in [0.2, 0.25) is 0 Å². The van der Waals surface area contributed by atoms with Gasteiger partial charge in [-0.15, -0.1) is 0 Å². The van der Waals surface area contributed by atoms with E-state index in [0.717, 1.165) is 19.6 Å². The Morgan fingerprint density at radius 3 is 2.39 bits per heavy atom. The second-order valence-electron chi connectivity index (χ2n) is 5.87. The van der Waals surface area contributed by atoms with Gasteiger partial charge in [-0.2, -0.15) is 0 Å².